The summed E-state index contributed by atoms with van der Waals surface area (Å²) >= 11 is 5.81. The largest absolute Gasteiger partial charge is 0.428 e. The Balaban J connectivity index is 1.49. The molecule has 4 bridgehead atoms. The molecule has 0 saturated heterocycles. The highest BCUT2D eigenvalue weighted by molar-refractivity contribution is 6.29. The van der Waals surface area contributed by atoms with Crippen LogP contribution in [0, 0.1) is 23.7 Å². The van der Waals surface area contributed by atoms with Crippen molar-refractivity contribution in [2.24, 2.45) is 28.7 Å². The van der Waals surface area contributed by atoms with Gasteiger partial charge in [-0.15, -0.1) is 0 Å². The second-order valence-electron chi connectivity index (χ2n) is 7.07. The first-order valence-corrected chi connectivity index (χ1v) is 8.39. The molecule has 6 heteroatoms. The number of nitrogens with zero attached hydrogens (tertiary/aromatic N) is 2. The highest BCUT2D eigenvalue weighted by atomic mass is 35.5. The molecule has 1 heterocycles. The summed E-state index contributed by atoms with van der Waals surface area (Å²) in [5, 5.41) is 13.0. The third kappa shape index (κ3) is 2.51. The summed E-state index contributed by atoms with van der Waals surface area (Å²) in [4.78, 5) is 16.3. The van der Waals surface area contributed by atoms with E-state index in [1.165, 1.54) is 44.4 Å². The molecular weight excluding hydrogens is 302 g/mol. The van der Waals surface area contributed by atoms with E-state index in [-0.39, 0.29) is 17.2 Å². The minimum absolute atomic E-state index is 0.128. The van der Waals surface area contributed by atoms with Gasteiger partial charge in [-0.3, -0.25) is 0 Å². The van der Waals surface area contributed by atoms with Crippen LogP contribution in [-0.4, -0.2) is 22.0 Å². The molecule has 0 spiro atoms. The predicted molar refractivity (Wildman–Crippen MR) is 81.6 cm³/mol. The van der Waals surface area contributed by atoms with Gasteiger partial charge in [0.15, 0.2) is 0 Å². The highest BCUT2D eigenvalue weighted by Crippen LogP contribution is 2.53. The van der Waals surface area contributed by atoms with Crippen molar-refractivity contribution in [1.82, 2.24) is 10.0 Å². The molecule has 5 nitrogen and oxygen atoms in total. The molecule has 1 aromatic heterocycles. The minimum atomic E-state index is -0.302. The first-order valence-electron chi connectivity index (χ1n) is 8.01. The number of hydrogen-bond donors (Lipinski definition) is 2. The third-order valence-electron chi connectivity index (χ3n) is 5.62. The molecule has 1 aromatic rings. The summed E-state index contributed by atoms with van der Waals surface area (Å²) in [6.07, 6.45) is 7.83. The molecule has 0 unspecified atom stereocenters. The lowest BCUT2D eigenvalue weighted by Gasteiger charge is -2.54. The Bertz CT molecular complexity index is 642. The number of hydrogen-bond acceptors (Lipinski definition) is 2. The number of urea groups is 1. The maximum absolute atomic E-state index is 12.2. The Morgan fingerprint density at radius 3 is 2.45 bits per heavy atom. The molecule has 2 amide bonds. The number of rotatable bonds is 1. The number of pyridine rings is 1. The predicted octanol–water partition coefficient (Wildman–Crippen LogP) is 2.81. The van der Waals surface area contributed by atoms with Gasteiger partial charge in [0.25, 0.3) is 0 Å². The normalized spacial score (nSPS) is 36.6. The van der Waals surface area contributed by atoms with E-state index in [1.54, 1.807) is 6.07 Å². The molecule has 2 N–H and O–H groups in total. The van der Waals surface area contributed by atoms with Crippen LogP contribution in [0.25, 0.3) is 0 Å². The first-order chi connectivity index (χ1) is 10.6. The summed E-state index contributed by atoms with van der Waals surface area (Å²) in [5.74, 6) is 3.05. The van der Waals surface area contributed by atoms with Crippen molar-refractivity contribution in [2.75, 3.05) is 0 Å². The van der Waals surface area contributed by atoms with E-state index >= 15 is 0 Å². The van der Waals surface area contributed by atoms with Gasteiger partial charge < -0.3 is 10.5 Å². The van der Waals surface area contributed by atoms with E-state index in [4.69, 9.17) is 11.6 Å². The summed E-state index contributed by atoms with van der Waals surface area (Å²) in [6, 6.07) is 3.01. The number of halogens is 1. The third-order valence-corrected chi connectivity index (χ3v) is 5.90. The van der Waals surface area contributed by atoms with Crippen molar-refractivity contribution in [3.63, 3.8) is 0 Å². The van der Waals surface area contributed by atoms with Gasteiger partial charge in [0.2, 0.25) is 0 Å². The summed E-state index contributed by atoms with van der Waals surface area (Å²) < 4.78 is 0.788. The van der Waals surface area contributed by atoms with Crippen LogP contribution in [0.3, 0.4) is 0 Å². The van der Waals surface area contributed by atoms with Gasteiger partial charge in [0.05, 0.1) is 5.36 Å². The lowest BCUT2D eigenvalue weighted by atomic mass is 9.54. The summed E-state index contributed by atoms with van der Waals surface area (Å²) in [6.45, 7) is 0. The molecular formula is C16H20ClN3O2. The van der Waals surface area contributed by atoms with Gasteiger partial charge in [-0.2, -0.15) is 9.72 Å². The van der Waals surface area contributed by atoms with Crippen LogP contribution in [0.2, 0.25) is 5.15 Å². The first kappa shape index (κ1) is 14.1. The van der Waals surface area contributed by atoms with Gasteiger partial charge in [-0.05, 0) is 61.8 Å². The van der Waals surface area contributed by atoms with Gasteiger partial charge >= 0.3 is 6.03 Å². The Morgan fingerprint density at radius 2 is 1.86 bits per heavy atom. The second kappa shape index (κ2) is 5.30. The SMILES string of the molecule is O=C(/N=c1\ccn(O)c(Cl)c1)NC1C2CC3CC(C2)CC1C3. The summed E-state index contributed by atoms with van der Waals surface area (Å²) in [7, 11) is 0. The number of nitrogens with one attached hydrogen (secondary N) is 1. The van der Waals surface area contributed by atoms with Crippen molar-refractivity contribution >= 4 is 17.6 Å². The smallest absolute Gasteiger partial charge is 0.341 e. The van der Waals surface area contributed by atoms with E-state index in [0.29, 0.717) is 17.2 Å². The molecule has 118 valence electrons. The van der Waals surface area contributed by atoms with Crippen molar-refractivity contribution in [2.45, 2.75) is 38.1 Å². The van der Waals surface area contributed by atoms with Crippen molar-refractivity contribution in [3.05, 3.63) is 28.8 Å². The van der Waals surface area contributed by atoms with Crippen molar-refractivity contribution in [3.8, 4) is 0 Å². The Kier molecular flexibility index (Phi) is 3.40. The zero-order valence-corrected chi connectivity index (χ0v) is 13.0. The van der Waals surface area contributed by atoms with Crippen LogP contribution in [0.15, 0.2) is 23.3 Å². The Hall–Kier alpha value is -1.49. The topological polar surface area (TPSA) is 66.6 Å². The molecule has 0 aromatic carbocycles. The zero-order valence-electron chi connectivity index (χ0n) is 12.3. The maximum Gasteiger partial charge on any atom is 0.341 e. The lowest BCUT2D eigenvalue weighted by Crippen LogP contribution is -2.55. The number of aromatic nitrogens is 1. The maximum atomic E-state index is 12.2. The molecule has 4 aliphatic rings. The molecule has 4 saturated carbocycles. The van der Waals surface area contributed by atoms with Crippen LogP contribution < -0.4 is 10.7 Å². The van der Waals surface area contributed by atoms with Crippen molar-refractivity contribution in [1.29, 1.82) is 0 Å². The zero-order chi connectivity index (χ0) is 15.3. The van der Waals surface area contributed by atoms with Crippen LogP contribution in [0.4, 0.5) is 4.79 Å². The number of carbonyl (C=O) groups is 1. The number of carbonyl (C=O) groups excluding carboxylic acids is 1. The number of amides is 2. The van der Waals surface area contributed by atoms with E-state index in [9.17, 15) is 10.0 Å². The summed E-state index contributed by atoms with van der Waals surface area (Å²) in [5.41, 5.74) is 0. The van der Waals surface area contributed by atoms with E-state index in [0.717, 1.165) is 16.6 Å². The van der Waals surface area contributed by atoms with Gasteiger partial charge in [0, 0.05) is 18.3 Å². The molecule has 5 rings (SSSR count). The molecule has 22 heavy (non-hydrogen) atoms. The fourth-order valence-electron chi connectivity index (χ4n) is 4.98. The quantitative estimate of drug-likeness (QED) is 0.617. The Labute approximate surface area is 134 Å². The monoisotopic (exact) mass is 321 g/mol. The highest BCUT2D eigenvalue weighted by Gasteiger charge is 2.48. The molecule has 0 radical (unpaired) electrons. The molecule has 4 aliphatic carbocycles. The van der Waals surface area contributed by atoms with E-state index < -0.39 is 0 Å². The Morgan fingerprint density at radius 1 is 1.23 bits per heavy atom. The lowest BCUT2D eigenvalue weighted by molar-refractivity contribution is -0.00904. The minimum Gasteiger partial charge on any atom is -0.428 e. The van der Waals surface area contributed by atoms with E-state index in [1.807, 2.05) is 0 Å². The van der Waals surface area contributed by atoms with Crippen LogP contribution >= 0.6 is 11.6 Å². The van der Waals surface area contributed by atoms with Gasteiger partial charge in [-0.1, -0.05) is 11.6 Å². The second-order valence-corrected chi connectivity index (χ2v) is 7.46. The van der Waals surface area contributed by atoms with Crippen LogP contribution in [0.5, 0.6) is 0 Å². The molecule has 0 aliphatic heterocycles. The van der Waals surface area contributed by atoms with Crippen LogP contribution in [-0.2, 0) is 0 Å². The van der Waals surface area contributed by atoms with E-state index in [2.05, 4.69) is 10.3 Å². The average molecular weight is 322 g/mol. The van der Waals surface area contributed by atoms with Crippen molar-refractivity contribution < 1.29 is 10.0 Å². The molecule has 4 fully saturated rings. The van der Waals surface area contributed by atoms with Gasteiger partial charge in [0.1, 0.15) is 5.15 Å². The fraction of sp³-hybridized carbons (Fsp3) is 0.625. The van der Waals surface area contributed by atoms with Crippen LogP contribution in [0.1, 0.15) is 32.1 Å². The fourth-order valence-corrected chi connectivity index (χ4v) is 5.15. The average Bonchev–Trinajstić information content (AvgIpc) is 2.46. The molecule has 0 atom stereocenters. The van der Waals surface area contributed by atoms with Gasteiger partial charge in [-0.25, -0.2) is 4.79 Å². The standard InChI is InChI=1S/C16H20ClN3O2/c17-14-8-13(1-2-20(14)22)18-16(21)19-15-11-4-9-3-10(6-11)7-12(15)5-9/h1-2,8-12,15,22H,3-7H2,(H,19,21)/b18-13+.